The second-order valence-corrected chi connectivity index (χ2v) is 7.64. The van der Waals surface area contributed by atoms with Crippen molar-refractivity contribution in [1.82, 2.24) is 10.6 Å². The molecule has 7 nitrogen and oxygen atoms in total. The summed E-state index contributed by atoms with van der Waals surface area (Å²) in [4.78, 5) is 37.6. The van der Waals surface area contributed by atoms with Gasteiger partial charge in [-0.05, 0) is 48.2 Å². The van der Waals surface area contributed by atoms with Crippen LogP contribution in [0.2, 0.25) is 0 Å². The first-order valence-corrected chi connectivity index (χ1v) is 9.77. The Morgan fingerprint density at radius 2 is 1.72 bits per heavy atom. The highest BCUT2D eigenvalue weighted by Gasteiger charge is 2.52. The third kappa shape index (κ3) is 3.73. The van der Waals surface area contributed by atoms with Crippen molar-refractivity contribution in [3.63, 3.8) is 0 Å². The van der Waals surface area contributed by atoms with Gasteiger partial charge in [-0.25, -0.2) is 14.5 Å². The van der Waals surface area contributed by atoms with Crippen LogP contribution in [0.3, 0.4) is 0 Å². The molecule has 0 atom stereocenters. The molecule has 3 N–H and O–H groups in total. The first-order valence-electron chi connectivity index (χ1n) is 9.77. The van der Waals surface area contributed by atoms with E-state index in [0.717, 1.165) is 24.0 Å². The number of urea groups is 1. The van der Waals surface area contributed by atoms with E-state index in [1.54, 1.807) is 30.3 Å². The predicted octanol–water partition coefficient (Wildman–Crippen LogP) is 3.04. The van der Waals surface area contributed by atoms with Gasteiger partial charge in [0, 0.05) is 13.1 Å². The van der Waals surface area contributed by atoms with Gasteiger partial charge in [0.05, 0.1) is 11.3 Å². The largest absolute Gasteiger partial charge is 0.478 e. The van der Waals surface area contributed by atoms with Crippen molar-refractivity contribution in [2.45, 2.75) is 44.3 Å². The summed E-state index contributed by atoms with van der Waals surface area (Å²) in [6.45, 7) is 1.14. The fourth-order valence-electron chi connectivity index (χ4n) is 4.09. The quantitative estimate of drug-likeness (QED) is 0.655. The monoisotopic (exact) mass is 393 g/mol. The number of benzene rings is 2. The fraction of sp³-hybridized carbons (Fsp3) is 0.318. The molecule has 1 spiro atoms. The molecular weight excluding hydrogens is 370 g/mol. The normalized spacial score (nSPS) is 17.7. The standard InChI is InChI=1S/C22H23N3O4/c26-19(27)17-8-6-15(7-9-17)13-23-14-16-4-3-5-18(12-16)25-20(28)22(24-21(25)29)10-1-2-11-22/h3-9,12,23H,1-2,10-11,13-14H2,(H,24,29)(H,26,27). The Balaban J connectivity index is 1.40. The molecular formula is C22H23N3O4. The Kier molecular flexibility index (Phi) is 5.07. The zero-order valence-corrected chi connectivity index (χ0v) is 16.0. The lowest BCUT2D eigenvalue weighted by atomic mass is 9.98. The Hall–Kier alpha value is -3.19. The van der Waals surface area contributed by atoms with Gasteiger partial charge in [0.25, 0.3) is 5.91 Å². The lowest BCUT2D eigenvalue weighted by Gasteiger charge is -2.20. The maximum absolute atomic E-state index is 12.9. The van der Waals surface area contributed by atoms with E-state index in [2.05, 4.69) is 10.6 Å². The molecule has 0 unspecified atom stereocenters. The number of anilines is 1. The van der Waals surface area contributed by atoms with Crippen molar-refractivity contribution < 1.29 is 19.5 Å². The summed E-state index contributed by atoms with van der Waals surface area (Å²) < 4.78 is 0. The lowest BCUT2D eigenvalue weighted by molar-refractivity contribution is -0.121. The highest BCUT2D eigenvalue weighted by molar-refractivity contribution is 6.23. The molecule has 7 heteroatoms. The van der Waals surface area contributed by atoms with Crippen molar-refractivity contribution in [3.05, 3.63) is 65.2 Å². The molecule has 2 aliphatic rings. The number of carboxylic acid groups (broad SMARTS) is 1. The van der Waals surface area contributed by atoms with E-state index in [-0.39, 0.29) is 17.5 Å². The molecule has 3 amide bonds. The molecule has 29 heavy (non-hydrogen) atoms. The number of aromatic carboxylic acids is 1. The van der Waals surface area contributed by atoms with Crippen molar-refractivity contribution >= 4 is 23.6 Å². The molecule has 1 heterocycles. The first kappa shape index (κ1) is 19.1. The molecule has 1 saturated heterocycles. The predicted molar refractivity (Wildman–Crippen MR) is 108 cm³/mol. The summed E-state index contributed by atoms with van der Waals surface area (Å²) in [7, 11) is 0. The van der Waals surface area contributed by atoms with Crippen molar-refractivity contribution in [2.24, 2.45) is 0 Å². The number of hydrogen-bond acceptors (Lipinski definition) is 4. The summed E-state index contributed by atoms with van der Waals surface area (Å²) in [5, 5.41) is 15.2. The highest BCUT2D eigenvalue weighted by atomic mass is 16.4. The van der Waals surface area contributed by atoms with E-state index in [1.165, 1.54) is 4.90 Å². The van der Waals surface area contributed by atoms with Crippen LogP contribution >= 0.6 is 0 Å². The number of carboxylic acids is 1. The van der Waals surface area contributed by atoms with Gasteiger partial charge in [0.2, 0.25) is 0 Å². The third-order valence-corrected chi connectivity index (χ3v) is 5.65. The van der Waals surface area contributed by atoms with Crippen LogP contribution in [-0.4, -0.2) is 28.6 Å². The van der Waals surface area contributed by atoms with Crippen LogP contribution in [-0.2, 0) is 17.9 Å². The zero-order valence-electron chi connectivity index (χ0n) is 16.0. The van der Waals surface area contributed by atoms with Crippen LogP contribution in [0.5, 0.6) is 0 Å². The summed E-state index contributed by atoms with van der Waals surface area (Å²) in [6.07, 6.45) is 3.32. The number of nitrogens with one attached hydrogen (secondary N) is 2. The van der Waals surface area contributed by atoms with Gasteiger partial charge in [0.1, 0.15) is 5.54 Å². The molecule has 2 aromatic rings. The molecule has 2 fully saturated rings. The van der Waals surface area contributed by atoms with Crippen LogP contribution in [0.1, 0.15) is 47.2 Å². The highest BCUT2D eigenvalue weighted by Crippen LogP contribution is 2.37. The van der Waals surface area contributed by atoms with E-state index >= 15 is 0 Å². The molecule has 0 aromatic heterocycles. The number of hydrogen-bond donors (Lipinski definition) is 3. The van der Waals surface area contributed by atoms with Crippen LogP contribution in [0.15, 0.2) is 48.5 Å². The van der Waals surface area contributed by atoms with Crippen LogP contribution < -0.4 is 15.5 Å². The minimum absolute atomic E-state index is 0.149. The van der Waals surface area contributed by atoms with Gasteiger partial charge < -0.3 is 15.7 Å². The molecule has 2 aromatic carbocycles. The van der Waals surface area contributed by atoms with Crippen LogP contribution in [0, 0.1) is 0 Å². The molecule has 4 rings (SSSR count). The van der Waals surface area contributed by atoms with Gasteiger partial charge in [0.15, 0.2) is 0 Å². The summed E-state index contributed by atoms with van der Waals surface area (Å²) in [6, 6.07) is 13.8. The van der Waals surface area contributed by atoms with Crippen molar-refractivity contribution in [1.29, 1.82) is 0 Å². The average Bonchev–Trinajstić information content (AvgIpc) is 3.27. The Labute approximate surface area is 168 Å². The first-order chi connectivity index (χ1) is 14.0. The second kappa shape index (κ2) is 7.67. The minimum Gasteiger partial charge on any atom is -0.478 e. The Bertz CT molecular complexity index is 949. The number of rotatable bonds is 6. The average molecular weight is 393 g/mol. The number of carbonyl (C=O) groups excluding carboxylic acids is 2. The van der Waals surface area contributed by atoms with Gasteiger partial charge >= 0.3 is 12.0 Å². The molecule has 0 radical (unpaired) electrons. The van der Waals surface area contributed by atoms with E-state index in [1.807, 2.05) is 18.2 Å². The molecule has 150 valence electrons. The SMILES string of the molecule is O=C(O)c1ccc(CNCc2cccc(N3C(=O)NC4(CCCC4)C3=O)c2)cc1. The van der Waals surface area contributed by atoms with E-state index in [9.17, 15) is 14.4 Å². The molecule has 0 bridgehead atoms. The second-order valence-electron chi connectivity index (χ2n) is 7.64. The van der Waals surface area contributed by atoms with E-state index in [0.29, 0.717) is 31.6 Å². The number of carbonyl (C=O) groups is 3. The van der Waals surface area contributed by atoms with Crippen LogP contribution in [0.25, 0.3) is 0 Å². The fourth-order valence-corrected chi connectivity index (χ4v) is 4.09. The van der Waals surface area contributed by atoms with Gasteiger partial charge in [-0.1, -0.05) is 37.1 Å². The van der Waals surface area contributed by atoms with Crippen molar-refractivity contribution in [3.8, 4) is 0 Å². The number of nitrogens with zero attached hydrogens (tertiary/aromatic N) is 1. The Morgan fingerprint density at radius 3 is 2.41 bits per heavy atom. The zero-order chi connectivity index (χ0) is 20.4. The lowest BCUT2D eigenvalue weighted by Crippen LogP contribution is -2.44. The molecule has 1 saturated carbocycles. The molecule has 1 aliphatic carbocycles. The molecule has 1 aliphatic heterocycles. The Morgan fingerprint density at radius 1 is 1.03 bits per heavy atom. The summed E-state index contributed by atoms with van der Waals surface area (Å²) in [5.41, 5.74) is 2.06. The van der Waals surface area contributed by atoms with Gasteiger partial charge in [-0.15, -0.1) is 0 Å². The van der Waals surface area contributed by atoms with Crippen molar-refractivity contribution in [2.75, 3.05) is 4.90 Å². The van der Waals surface area contributed by atoms with E-state index < -0.39 is 11.5 Å². The summed E-state index contributed by atoms with van der Waals surface area (Å²) >= 11 is 0. The summed E-state index contributed by atoms with van der Waals surface area (Å²) in [5.74, 6) is -1.09. The maximum Gasteiger partial charge on any atom is 0.335 e. The number of imide groups is 1. The van der Waals surface area contributed by atoms with E-state index in [4.69, 9.17) is 5.11 Å². The smallest absolute Gasteiger partial charge is 0.335 e. The minimum atomic E-state index is -0.943. The van der Waals surface area contributed by atoms with Crippen LogP contribution in [0.4, 0.5) is 10.5 Å². The topological polar surface area (TPSA) is 98.7 Å². The maximum atomic E-state index is 12.9. The third-order valence-electron chi connectivity index (χ3n) is 5.65. The van der Waals surface area contributed by atoms with Gasteiger partial charge in [-0.3, -0.25) is 4.79 Å². The number of amides is 3. The van der Waals surface area contributed by atoms with Gasteiger partial charge in [-0.2, -0.15) is 0 Å².